The van der Waals surface area contributed by atoms with E-state index in [9.17, 15) is 9.90 Å². The molecule has 1 aliphatic heterocycles. The van der Waals surface area contributed by atoms with Crippen molar-refractivity contribution in [1.29, 1.82) is 0 Å². The predicted octanol–water partition coefficient (Wildman–Crippen LogP) is 0.920. The number of amides is 1. The molecule has 1 aromatic heterocycles. The summed E-state index contributed by atoms with van der Waals surface area (Å²) < 4.78 is 7.13. The second-order valence-electron chi connectivity index (χ2n) is 5.80. The molecule has 0 saturated carbocycles. The number of hydrogen-bond donors (Lipinski definition) is 2. The fourth-order valence-electron chi connectivity index (χ4n) is 2.56. The Morgan fingerprint density at radius 3 is 3.05 bits per heavy atom. The van der Waals surface area contributed by atoms with Crippen LogP contribution in [0.15, 0.2) is 36.7 Å². The number of carbonyl (C=O) groups is 1. The van der Waals surface area contributed by atoms with Crippen molar-refractivity contribution in [3.63, 3.8) is 0 Å². The van der Waals surface area contributed by atoms with Crippen LogP contribution in [0.2, 0.25) is 0 Å². The van der Waals surface area contributed by atoms with Crippen molar-refractivity contribution in [1.82, 2.24) is 15.1 Å². The van der Waals surface area contributed by atoms with Crippen LogP contribution in [-0.2, 0) is 17.4 Å². The van der Waals surface area contributed by atoms with Gasteiger partial charge in [-0.3, -0.25) is 9.48 Å². The van der Waals surface area contributed by atoms with Crippen LogP contribution in [0.4, 0.5) is 0 Å². The molecule has 0 spiro atoms. The highest BCUT2D eigenvalue weighted by molar-refractivity contribution is 5.85. The number of ether oxygens (including phenoxy) is 1. The van der Waals surface area contributed by atoms with E-state index in [4.69, 9.17) is 4.74 Å². The van der Waals surface area contributed by atoms with Crippen LogP contribution in [-0.4, -0.2) is 33.9 Å². The first kappa shape index (κ1) is 14.6. The van der Waals surface area contributed by atoms with E-state index in [1.54, 1.807) is 31.0 Å². The molecule has 6 nitrogen and oxygen atoms in total. The maximum atomic E-state index is 12.4. The zero-order valence-electron chi connectivity index (χ0n) is 12.6. The number of hydrogen-bond acceptors (Lipinski definition) is 4. The van der Waals surface area contributed by atoms with Crippen LogP contribution in [0.25, 0.3) is 0 Å². The second kappa shape index (κ2) is 5.46. The smallest absolute Gasteiger partial charge is 0.231 e. The molecule has 6 heteroatoms. The van der Waals surface area contributed by atoms with Gasteiger partial charge >= 0.3 is 0 Å². The summed E-state index contributed by atoms with van der Waals surface area (Å²) >= 11 is 0. The standard InChI is InChI=1S/C16H19N3O3/c1-16(21,11-7-18-19(2)8-11)10-17-15(20)13-9-22-14-6-4-3-5-12(13)14/h3-8,13,21H,9-10H2,1-2H3,(H,17,20)/t13-,16-/m0/s1. The predicted molar refractivity (Wildman–Crippen MR) is 80.5 cm³/mol. The lowest BCUT2D eigenvalue weighted by molar-refractivity contribution is -0.124. The summed E-state index contributed by atoms with van der Waals surface area (Å²) in [6.07, 6.45) is 3.33. The Balaban J connectivity index is 1.66. The van der Waals surface area contributed by atoms with Crippen molar-refractivity contribution >= 4 is 5.91 Å². The summed E-state index contributed by atoms with van der Waals surface area (Å²) in [5, 5.41) is 17.3. The first-order chi connectivity index (χ1) is 10.5. The number of aliphatic hydroxyl groups is 1. The number of nitrogens with zero attached hydrogens (tertiary/aromatic N) is 2. The molecule has 2 atom stereocenters. The fourth-order valence-corrected chi connectivity index (χ4v) is 2.56. The highest BCUT2D eigenvalue weighted by Gasteiger charge is 2.32. The zero-order chi connectivity index (χ0) is 15.7. The van der Waals surface area contributed by atoms with Crippen molar-refractivity contribution in [3.05, 3.63) is 47.8 Å². The molecule has 0 fully saturated rings. The van der Waals surface area contributed by atoms with Gasteiger partial charge in [-0.05, 0) is 13.0 Å². The molecule has 1 aliphatic rings. The van der Waals surface area contributed by atoms with E-state index in [1.165, 1.54) is 0 Å². The Bertz CT molecular complexity index is 693. The summed E-state index contributed by atoms with van der Waals surface area (Å²) in [6.45, 7) is 2.11. The van der Waals surface area contributed by atoms with Crippen LogP contribution in [0.3, 0.4) is 0 Å². The van der Waals surface area contributed by atoms with Crippen LogP contribution < -0.4 is 10.1 Å². The molecular weight excluding hydrogens is 282 g/mol. The Kier molecular flexibility index (Phi) is 3.62. The van der Waals surface area contributed by atoms with E-state index >= 15 is 0 Å². The zero-order valence-corrected chi connectivity index (χ0v) is 12.6. The minimum Gasteiger partial charge on any atom is -0.492 e. The van der Waals surface area contributed by atoms with Gasteiger partial charge < -0.3 is 15.2 Å². The number of rotatable bonds is 4. The minimum atomic E-state index is -1.16. The maximum Gasteiger partial charge on any atom is 0.231 e. The highest BCUT2D eigenvalue weighted by atomic mass is 16.5. The third-order valence-corrected chi connectivity index (χ3v) is 3.95. The number of aryl methyl sites for hydroxylation is 1. The van der Waals surface area contributed by atoms with Gasteiger partial charge in [0, 0.05) is 24.4 Å². The number of para-hydroxylation sites is 1. The van der Waals surface area contributed by atoms with Crippen molar-refractivity contribution in [2.24, 2.45) is 7.05 Å². The molecule has 0 radical (unpaired) electrons. The Hall–Kier alpha value is -2.34. The molecule has 2 aromatic rings. The summed E-state index contributed by atoms with van der Waals surface area (Å²) in [5.74, 6) is 0.275. The van der Waals surface area contributed by atoms with Crippen molar-refractivity contribution in [2.75, 3.05) is 13.2 Å². The van der Waals surface area contributed by atoms with Crippen LogP contribution in [0.1, 0.15) is 24.0 Å². The average molecular weight is 301 g/mol. The van der Waals surface area contributed by atoms with Gasteiger partial charge in [0.15, 0.2) is 0 Å². The molecule has 116 valence electrons. The van der Waals surface area contributed by atoms with Gasteiger partial charge in [-0.15, -0.1) is 0 Å². The fraction of sp³-hybridized carbons (Fsp3) is 0.375. The van der Waals surface area contributed by atoms with E-state index in [-0.39, 0.29) is 18.4 Å². The maximum absolute atomic E-state index is 12.4. The SMILES string of the molecule is Cn1cc([C@@](C)(O)CNC(=O)[C@H]2COc3ccccc32)cn1. The number of carbonyl (C=O) groups excluding carboxylic acids is 1. The largest absolute Gasteiger partial charge is 0.492 e. The van der Waals surface area contributed by atoms with Crippen LogP contribution >= 0.6 is 0 Å². The highest BCUT2D eigenvalue weighted by Crippen LogP contribution is 2.33. The van der Waals surface area contributed by atoms with Gasteiger partial charge in [0.25, 0.3) is 0 Å². The molecule has 1 amide bonds. The Morgan fingerprint density at radius 1 is 1.55 bits per heavy atom. The molecule has 22 heavy (non-hydrogen) atoms. The van der Waals surface area contributed by atoms with E-state index < -0.39 is 5.60 Å². The van der Waals surface area contributed by atoms with E-state index in [2.05, 4.69) is 10.4 Å². The topological polar surface area (TPSA) is 76.4 Å². The lowest BCUT2D eigenvalue weighted by atomic mass is 9.97. The number of benzene rings is 1. The van der Waals surface area contributed by atoms with E-state index in [1.807, 2.05) is 24.3 Å². The normalized spacial score (nSPS) is 19.1. The Labute approximate surface area is 128 Å². The third kappa shape index (κ3) is 2.69. The van der Waals surface area contributed by atoms with E-state index in [0.717, 1.165) is 11.3 Å². The number of fused-ring (bicyclic) bond motifs is 1. The first-order valence-electron chi connectivity index (χ1n) is 7.18. The van der Waals surface area contributed by atoms with Gasteiger partial charge in [-0.2, -0.15) is 5.10 Å². The summed E-state index contributed by atoms with van der Waals surface area (Å²) in [4.78, 5) is 12.4. The van der Waals surface area contributed by atoms with E-state index in [0.29, 0.717) is 12.2 Å². The van der Waals surface area contributed by atoms with Gasteiger partial charge in [0.05, 0.1) is 12.7 Å². The summed E-state index contributed by atoms with van der Waals surface area (Å²) in [6, 6.07) is 7.52. The van der Waals surface area contributed by atoms with Crippen molar-refractivity contribution in [2.45, 2.75) is 18.4 Å². The van der Waals surface area contributed by atoms with Gasteiger partial charge in [0.1, 0.15) is 23.9 Å². The molecule has 2 N–H and O–H groups in total. The van der Waals surface area contributed by atoms with Gasteiger partial charge in [-0.25, -0.2) is 0 Å². The van der Waals surface area contributed by atoms with Crippen molar-refractivity contribution < 1.29 is 14.6 Å². The lowest BCUT2D eigenvalue weighted by Gasteiger charge is -2.23. The lowest BCUT2D eigenvalue weighted by Crippen LogP contribution is -2.40. The molecule has 1 aromatic carbocycles. The molecule has 3 rings (SSSR count). The molecule has 0 saturated heterocycles. The van der Waals surface area contributed by atoms with Crippen molar-refractivity contribution in [3.8, 4) is 5.75 Å². The second-order valence-corrected chi connectivity index (χ2v) is 5.80. The van der Waals surface area contributed by atoms with Gasteiger partial charge in [-0.1, -0.05) is 18.2 Å². The molecule has 0 bridgehead atoms. The molecule has 0 aliphatic carbocycles. The van der Waals surface area contributed by atoms with Gasteiger partial charge in [0.2, 0.25) is 5.91 Å². The molecular formula is C16H19N3O3. The first-order valence-corrected chi connectivity index (χ1v) is 7.18. The van der Waals surface area contributed by atoms with Crippen LogP contribution in [0.5, 0.6) is 5.75 Å². The number of aromatic nitrogens is 2. The van der Waals surface area contributed by atoms with Crippen LogP contribution in [0, 0.1) is 0 Å². The average Bonchev–Trinajstić information content (AvgIpc) is 3.11. The molecule has 2 heterocycles. The number of nitrogens with one attached hydrogen (secondary N) is 1. The minimum absolute atomic E-state index is 0.121. The monoisotopic (exact) mass is 301 g/mol. The summed E-state index contributed by atoms with van der Waals surface area (Å²) in [7, 11) is 1.78. The third-order valence-electron chi connectivity index (χ3n) is 3.95. The Morgan fingerprint density at radius 2 is 2.32 bits per heavy atom. The molecule has 0 unspecified atom stereocenters. The quantitative estimate of drug-likeness (QED) is 0.880. The summed E-state index contributed by atoms with van der Waals surface area (Å²) in [5.41, 5.74) is 0.391.